The molecule has 0 amide bonds. The van der Waals surface area contributed by atoms with Crippen molar-refractivity contribution in [2.75, 3.05) is 17.8 Å². The van der Waals surface area contributed by atoms with Gasteiger partial charge in [-0.25, -0.2) is 16.8 Å². The smallest absolute Gasteiger partial charge is 0.263 e. The predicted octanol–water partition coefficient (Wildman–Crippen LogP) is 3.04. The van der Waals surface area contributed by atoms with Gasteiger partial charge >= 0.3 is 0 Å². The van der Waals surface area contributed by atoms with Crippen molar-refractivity contribution in [2.45, 2.75) is 23.6 Å². The van der Waals surface area contributed by atoms with E-state index in [4.69, 9.17) is 16.9 Å². The summed E-state index contributed by atoms with van der Waals surface area (Å²) in [6, 6.07) is 11.5. The van der Waals surface area contributed by atoms with Crippen LogP contribution in [0.5, 0.6) is 0 Å². The van der Waals surface area contributed by atoms with E-state index < -0.39 is 20.0 Å². The van der Waals surface area contributed by atoms with Crippen LogP contribution in [0.25, 0.3) is 0 Å². The molecule has 7 nitrogen and oxygen atoms in total. The fourth-order valence-corrected chi connectivity index (χ4v) is 5.60. The Balaban J connectivity index is 2.54. The summed E-state index contributed by atoms with van der Waals surface area (Å²) in [5.41, 5.74) is 0.206. The van der Waals surface area contributed by atoms with E-state index in [2.05, 4.69) is 4.72 Å². The molecule has 0 atom stereocenters. The molecular formula is C17H18ClN3O4S2. The molecule has 144 valence electrons. The lowest BCUT2D eigenvalue weighted by Crippen LogP contribution is -2.30. The van der Waals surface area contributed by atoms with Crippen molar-refractivity contribution in [1.82, 2.24) is 4.31 Å². The second-order valence-electron chi connectivity index (χ2n) is 5.44. The Morgan fingerprint density at radius 3 is 2.30 bits per heavy atom. The van der Waals surface area contributed by atoms with Crippen molar-refractivity contribution >= 4 is 37.3 Å². The summed E-state index contributed by atoms with van der Waals surface area (Å²) in [5, 5.41) is 8.98. The van der Waals surface area contributed by atoms with Gasteiger partial charge in [-0.15, -0.1) is 0 Å². The van der Waals surface area contributed by atoms with Crippen LogP contribution in [-0.2, 0) is 20.0 Å². The minimum absolute atomic E-state index is 0.0769. The predicted molar refractivity (Wildman–Crippen MR) is 104 cm³/mol. The molecule has 0 spiro atoms. The molecule has 0 heterocycles. The fourth-order valence-electron chi connectivity index (χ4n) is 2.43. The Morgan fingerprint density at radius 2 is 1.70 bits per heavy atom. The van der Waals surface area contributed by atoms with Gasteiger partial charge in [-0.3, -0.25) is 4.72 Å². The Hall–Kier alpha value is -2.12. The van der Waals surface area contributed by atoms with E-state index in [0.717, 1.165) is 6.07 Å². The van der Waals surface area contributed by atoms with Crippen molar-refractivity contribution in [2.24, 2.45) is 0 Å². The number of benzene rings is 2. The molecule has 0 saturated carbocycles. The molecule has 0 aliphatic heterocycles. The highest BCUT2D eigenvalue weighted by atomic mass is 35.5. The van der Waals surface area contributed by atoms with Gasteiger partial charge < -0.3 is 0 Å². The highest BCUT2D eigenvalue weighted by Gasteiger charge is 2.26. The number of hydrogen-bond acceptors (Lipinski definition) is 5. The van der Waals surface area contributed by atoms with Crippen LogP contribution in [0.2, 0.25) is 5.02 Å². The molecule has 0 aliphatic rings. The maximum atomic E-state index is 12.8. The summed E-state index contributed by atoms with van der Waals surface area (Å²) in [6.45, 7) is 3.87. The third-order valence-corrected chi connectivity index (χ3v) is 7.72. The largest absolute Gasteiger partial charge is 0.278 e. The number of hydrogen-bond donors (Lipinski definition) is 1. The lowest BCUT2D eigenvalue weighted by atomic mass is 10.2. The topological polar surface area (TPSA) is 107 Å². The van der Waals surface area contributed by atoms with Gasteiger partial charge in [-0.05, 0) is 30.3 Å². The van der Waals surface area contributed by atoms with E-state index in [1.54, 1.807) is 26.0 Å². The molecule has 0 radical (unpaired) electrons. The number of anilines is 1. The first kappa shape index (κ1) is 21.2. The van der Waals surface area contributed by atoms with E-state index >= 15 is 0 Å². The number of para-hydroxylation sites is 1. The summed E-state index contributed by atoms with van der Waals surface area (Å²) in [4.78, 5) is -0.560. The molecule has 2 aromatic rings. The standard InChI is InChI=1S/C17H18ClN3O4S2/c1-3-21(4-2)27(24,25)14-9-10-15(18)17(11-14)26(22,23)20-16-8-6-5-7-13(16)12-19/h5-11,20H,3-4H2,1-2H3. The molecule has 2 rings (SSSR count). The van der Waals surface area contributed by atoms with E-state index in [0.29, 0.717) is 0 Å². The van der Waals surface area contributed by atoms with Gasteiger partial charge in [-0.2, -0.15) is 9.57 Å². The van der Waals surface area contributed by atoms with Gasteiger partial charge in [0.2, 0.25) is 10.0 Å². The summed E-state index contributed by atoms with van der Waals surface area (Å²) in [5.74, 6) is 0. The average molecular weight is 428 g/mol. The van der Waals surface area contributed by atoms with Gasteiger partial charge in [0.15, 0.2) is 0 Å². The Labute approximate surface area is 164 Å². The lowest BCUT2D eigenvalue weighted by molar-refractivity contribution is 0.445. The summed E-state index contributed by atoms with van der Waals surface area (Å²) >= 11 is 6.03. The van der Waals surface area contributed by atoms with E-state index in [1.807, 2.05) is 6.07 Å². The maximum absolute atomic E-state index is 12.8. The first-order valence-corrected chi connectivity index (χ1v) is 11.3. The van der Waals surface area contributed by atoms with Crippen molar-refractivity contribution in [3.63, 3.8) is 0 Å². The zero-order chi connectivity index (χ0) is 20.2. The highest BCUT2D eigenvalue weighted by molar-refractivity contribution is 7.93. The molecule has 27 heavy (non-hydrogen) atoms. The Kier molecular flexibility index (Phi) is 6.49. The summed E-state index contributed by atoms with van der Waals surface area (Å²) < 4.78 is 54.4. The molecule has 10 heteroatoms. The minimum atomic E-state index is -4.21. The van der Waals surface area contributed by atoms with Crippen LogP contribution >= 0.6 is 11.6 Å². The average Bonchev–Trinajstić information content (AvgIpc) is 2.62. The molecular weight excluding hydrogens is 410 g/mol. The molecule has 1 N–H and O–H groups in total. The van der Waals surface area contributed by atoms with Crippen LogP contribution in [0, 0.1) is 11.3 Å². The lowest BCUT2D eigenvalue weighted by Gasteiger charge is -2.19. The Bertz CT molecular complexity index is 1090. The van der Waals surface area contributed by atoms with Crippen molar-refractivity contribution in [3.8, 4) is 6.07 Å². The van der Waals surface area contributed by atoms with Crippen molar-refractivity contribution in [1.29, 1.82) is 5.26 Å². The van der Waals surface area contributed by atoms with E-state index in [-0.39, 0.29) is 39.2 Å². The molecule has 0 aliphatic carbocycles. The third kappa shape index (κ3) is 4.42. The normalized spacial score (nSPS) is 12.0. The van der Waals surface area contributed by atoms with Gasteiger partial charge in [0.1, 0.15) is 11.0 Å². The third-order valence-electron chi connectivity index (χ3n) is 3.83. The van der Waals surface area contributed by atoms with Gasteiger partial charge in [0.25, 0.3) is 10.0 Å². The monoisotopic (exact) mass is 427 g/mol. The minimum Gasteiger partial charge on any atom is -0.278 e. The second-order valence-corrected chi connectivity index (χ2v) is 9.44. The van der Waals surface area contributed by atoms with Gasteiger partial charge in [0, 0.05) is 13.1 Å². The van der Waals surface area contributed by atoms with Crippen LogP contribution in [0.3, 0.4) is 0 Å². The molecule has 0 saturated heterocycles. The van der Waals surface area contributed by atoms with Crippen LogP contribution in [0.1, 0.15) is 19.4 Å². The van der Waals surface area contributed by atoms with Crippen LogP contribution in [0.4, 0.5) is 5.69 Å². The van der Waals surface area contributed by atoms with Gasteiger partial charge in [-0.1, -0.05) is 37.6 Å². The van der Waals surface area contributed by atoms with Crippen molar-refractivity contribution in [3.05, 3.63) is 53.1 Å². The quantitative estimate of drug-likeness (QED) is 0.730. The molecule has 0 fully saturated rings. The SMILES string of the molecule is CCN(CC)S(=O)(=O)c1ccc(Cl)c(S(=O)(=O)Nc2ccccc2C#N)c1. The second kappa shape index (κ2) is 8.27. The number of rotatable bonds is 7. The number of halogens is 1. The summed E-state index contributed by atoms with van der Waals surface area (Å²) in [7, 11) is -8.07. The molecule has 0 unspecified atom stereocenters. The number of sulfonamides is 2. The van der Waals surface area contributed by atoms with E-state index in [9.17, 15) is 16.8 Å². The number of nitrogens with one attached hydrogen (secondary N) is 1. The number of nitrogens with zero attached hydrogens (tertiary/aromatic N) is 2. The molecule has 2 aromatic carbocycles. The molecule has 0 bridgehead atoms. The van der Waals surface area contributed by atoms with Crippen LogP contribution in [-0.4, -0.2) is 34.2 Å². The number of nitriles is 1. The zero-order valence-corrected chi connectivity index (χ0v) is 17.1. The fraction of sp³-hybridized carbons (Fsp3) is 0.235. The van der Waals surface area contributed by atoms with Crippen LogP contribution < -0.4 is 4.72 Å². The van der Waals surface area contributed by atoms with Gasteiger partial charge in [0.05, 0.1) is 21.2 Å². The first-order valence-electron chi connectivity index (χ1n) is 7.99. The van der Waals surface area contributed by atoms with Crippen LogP contribution in [0.15, 0.2) is 52.3 Å². The van der Waals surface area contributed by atoms with Crippen molar-refractivity contribution < 1.29 is 16.8 Å². The van der Waals surface area contributed by atoms with E-state index in [1.165, 1.54) is 28.6 Å². The molecule has 0 aromatic heterocycles. The first-order chi connectivity index (χ1) is 12.7. The highest BCUT2D eigenvalue weighted by Crippen LogP contribution is 2.28. The maximum Gasteiger partial charge on any atom is 0.263 e. The zero-order valence-electron chi connectivity index (χ0n) is 14.7. The summed E-state index contributed by atoms with van der Waals surface area (Å²) in [6.07, 6.45) is 0. The Morgan fingerprint density at radius 1 is 1.07 bits per heavy atom.